The molecule has 7 heteroatoms. The van der Waals surface area contributed by atoms with Crippen LogP contribution in [0.25, 0.3) is 22.6 Å². The second-order valence-corrected chi connectivity index (χ2v) is 4.88. The van der Waals surface area contributed by atoms with Gasteiger partial charge in [0.05, 0.1) is 17.8 Å². The number of benzene rings is 1. The standard InChI is InChI=1S/C15H12N6O/c1-10-18-14(15-16-9-17-22-15)20-21(10)8-12-7-6-11-4-2-3-5-13(11)19-12/h2-7,9H,8H2,1H3. The van der Waals surface area contributed by atoms with E-state index in [-0.39, 0.29) is 0 Å². The maximum atomic E-state index is 4.98. The van der Waals surface area contributed by atoms with Crippen molar-refractivity contribution in [2.45, 2.75) is 13.5 Å². The summed E-state index contributed by atoms with van der Waals surface area (Å²) in [7, 11) is 0. The van der Waals surface area contributed by atoms with Gasteiger partial charge in [-0.25, -0.2) is 9.67 Å². The van der Waals surface area contributed by atoms with Crippen molar-refractivity contribution in [1.29, 1.82) is 0 Å². The van der Waals surface area contributed by atoms with Crippen LogP contribution in [0.15, 0.2) is 47.2 Å². The van der Waals surface area contributed by atoms with Crippen molar-refractivity contribution in [3.63, 3.8) is 0 Å². The fourth-order valence-corrected chi connectivity index (χ4v) is 2.28. The summed E-state index contributed by atoms with van der Waals surface area (Å²) in [6.07, 6.45) is 1.33. The quantitative estimate of drug-likeness (QED) is 0.576. The number of aromatic nitrogens is 6. The van der Waals surface area contributed by atoms with Gasteiger partial charge in [0.1, 0.15) is 5.82 Å². The molecule has 0 bridgehead atoms. The van der Waals surface area contributed by atoms with E-state index in [1.165, 1.54) is 6.33 Å². The lowest BCUT2D eigenvalue weighted by Crippen LogP contribution is -2.05. The third-order valence-corrected chi connectivity index (χ3v) is 3.38. The van der Waals surface area contributed by atoms with Crippen LogP contribution in [0.3, 0.4) is 0 Å². The third kappa shape index (κ3) is 2.22. The van der Waals surface area contributed by atoms with Crippen molar-refractivity contribution >= 4 is 10.9 Å². The van der Waals surface area contributed by atoms with Gasteiger partial charge in [0, 0.05) is 5.39 Å². The zero-order chi connectivity index (χ0) is 14.9. The monoisotopic (exact) mass is 292 g/mol. The Balaban J connectivity index is 1.67. The Morgan fingerprint density at radius 3 is 2.86 bits per heavy atom. The number of pyridine rings is 1. The molecule has 4 rings (SSSR count). The lowest BCUT2D eigenvalue weighted by atomic mass is 10.2. The molecule has 4 aromatic rings. The highest BCUT2D eigenvalue weighted by Crippen LogP contribution is 2.15. The van der Waals surface area contributed by atoms with Gasteiger partial charge in [-0.2, -0.15) is 4.98 Å². The van der Waals surface area contributed by atoms with E-state index in [2.05, 4.69) is 31.3 Å². The van der Waals surface area contributed by atoms with E-state index in [0.717, 1.165) is 22.4 Å². The Morgan fingerprint density at radius 2 is 2.00 bits per heavy atom. The van der Waals surface area contributed by atoms with Gasteiger partial charge >= 0.3 is 0 Å². The first-order chi connectivity index (χ1) is 10.8. The maximum Gasteiger partial charge on any atom is 0.297 e. The largest absolute Gasteiger partial charge is 0.331 e. The van der Waals surface area contributed by atoms with Crippen LogP contribution < -0.4 is 0 Å². The summed E-state index contributed by atoms with van der Waals surface area (Å²) >= 11 is 0. The molecule has 1 aromatic carbocycles. The fraction of sp³-hybridized carbons (Fsp3) is 0.133. The van der Waals surface area contributed by atoms with Gasteiger partial charge in [-0.3, -0.25) is 4.98 Å². The third-order valence-electron chi connectivity index (χ3n) is 3.38. The van der Waals surface area contributed by atoms with Gasteiger partial charge in [0.2, 0.25) is 5.82 Å². The average molecular weight is 292 g/mol. The van der Waals surface area contributed by atoms with Crippen molar-refractivity contribution in [1.82, 2.24) is 29.9 Å². The van der Waals surface area contributed by atoms with Crippen LogP contribution >= 0.6 is 0 Å². The molecule has 108 valence electrons. The number of hydrogen-bond acceptors (Lipinski definition) is 6. The van der Waals surface area contributed by atoms with Gasteiger partial charge < -0.3 is 4.52 Å². The minimum atomic E-state index is 0.313. The molecule has 0 unspecified atom stereocenters. The molecule has 7 nitrogen and oxygen atoms in total. The minimum absolute atomic E-state index is 0.313. The molecule has 0 saturated heterocycles. The number of rotatable bonds is 3. The molecule has 0 aliphatic carbocycles. The second kappa shape index (κ2) is 5.03. The number of fused-ring (bicyclic) bond motifs is 1. The number of para-hydroxylation sites is 1. The molecular formula is C15H12N6O. The molecular weight excluding hydrogens is 280 g/mol. The molecule has 0 fully saturated rings. The Labute approximate surface area is 125 Å². The summed E-state index contributed by atoms with van der Waals surface area (Å²) in [5.74, 6) is 1.51. The number of nitrogens with zero attached hydrogens (tertiary/aromatic N) is 6. The number of aryl methyl sites for hydroxylation is 1. The normalized spacial score (nSPS) is 11.1. The van der Waals surface area contributed by atoms with E-state index in [0.29, 0.717) is 18.3 Å². The zero-order valence-corrected chi connectivity index (χ0v) is 11.8. The molecule has 3 aromatic heterocycles. The predicted molar refractivity (Wildman–Crippen MR) is 78.9 cm³/mol. The minimum Gasteiger partial charge on any atom is -0.331 e. The first-order valence-electron chi connectivity index (χ1n) is 6.83. The van der Waals surface area contributed by atoms with Crippen molar-refractivity contribution in [2.24, 2.45) is 0 Å². The second-order valence-electron chi connectivity index (χ2n) is 4.88. The molecule has 0 aliphatic rings. The van der Waals surface area contributed by atoms with E-state index in [9.17, 15) is 0 Å². The Morgan fingerprint density at radius 1 is 1.09 bits per heavy atom. The summed E-state index contributed by atoms with van der Waals surface area (Å²) in [5, 5.41) is 9.08. The summed E-state index contributed by atoms with van der Waals surface area (Å²) in [6.45, 7) is 2.42. The van der Waals surface area contributed by atoms with Crippen LogP contribution in [0, 0.1) is 6.92 Å². The van der Waals surface area contributed by atoms with E-state index < -0.39 is 0 Å². The smallest absolute Gasteiger partial charge is 0.297 e. The molecule has 0 N–H and O–H groups in total. The lowest BCUT2D eigenvalue weighted by Gasteiger charge is -2.04. The van der Waals surface area contributed by atoms with E-state index in [1.54, 1.807) is 4.68 Å². The van der Waals surface area contributed by atoms with Crippen LogP contribution in [-0.4, -0.2) is 29.9 Å². The van der Waals surface area contributed by atoms with E-state index >= 15 is 0 Å². The first kappa shape index (κ1) is 12.6. The summed E-state index contributed by atoms with van der Waals surface area (Å²) in [4.78, 5) is 12.9. The molecule has 0 amide bonds. The number of hydrogen-bond donors (Lipinski definition) is 0. The molecule has 0 atom stereocenters. The van der Waals surface area contributed by atoms with Crippen LogP contribution in [0.5, 0.6) is 0 Å². The van der Waals surface area contributed by atoms with Crippen LogP contribution in [0.2, 0.25) is 0 Å². The molecule has 0 saturated carbocycles. The van der Waals surface area contributed by atoms with Crippen molar-refractivity contribution in [3.8, 4) is 11.7 Å². The van der Waals surface area contributed by atoms with Gasteiger partial charge in [-0.15, -0.1) is 5.10 Å². The molecule has 0 spiro atoms. The summed E-state index contributed by atoms with van der Waals surface area (Å²) < 4.78 is 6.76. The fourth-order valence-electron chi connectivity index (χ4n) is 2.28. The van der Waals surface area contributed by atoms with E-state index in [1.807, 2.05) is 37.3 Å². The predicted octanol–water partition coefficient (Wildman–Crippen LogP) is 2.23. The van der Waals surface area contributed by atoms with Gasteiger partial charge in [0.25, 0.3) is 5.89 Å². The molecule has 0 aliphatic heterocycles. The van der Waals surface area contributed by atoms with Crippen LogP contribution in [-0.2, 0) is 6.54 Å². The van der Waals surface area contributed by atoms with E-state index in [4.69, 9.17) is 4.52 Å². The SMILES string of the molecule is Cc1nc(-c2ncno2)nn1Cc1ccc2ccccc2n1. The van der Waals surface area contributed by atoms with Crippen molar-refractivity contribution < 1.29 is 4.52 Å². The highest BCUT2D eigenvalue weighted by molar-refractivity contribution is 5.78. The molecule has 22 heavy (non-hydrogen) atoms. The van der Waals surface area contributed by atoms with Gasteiger partial charge in [-0.05, 0) is 19.1 Å². The van der Waals surface area contributed by atoms with Crippen molar-refractivity contribution in [3.05, 3.63) is 54.2 Å². The topological polar surface area (TPSA) is 82.5 Å². The first-order valence-corrected chi connectivity index (χ1v) is 6.83. The Bertz CT molecular complexity index is 928. The summed E-state index contributed by atoms with van der Waals surface area (Å²) in [5.41, 5.74) is 1.89. The maximum absolute atomic E-state index is 4.98. The van der Waals surface area contributed by atoms with Crippen LogP contribution in [0.1, 0.15) is 11.5 Å². The lowest BCUT2D eigenvalue weighted by molar-refractivity contribution is 0.427. The Kier molecular flexibility index (Phi) is 2.89. The average Bonchev–Trinajstić information content (AvgIpc) is 3.18. The van der Waals surface area contributed by atoms with Crippen molar-refractivity contribution in [2.75, 3.05) is 0 Å². The highest BCUT2D eigenvalue weighted by atomic mass is 16.5. The zero-order valence-electron chi connectivity index (χ0n) is 11.8. The Hall–Kier alpha value is -3.09. The molecule has 3 heterocycles. The highest BCUT2D eigenvalue weighted by Gasteiger charge is 2.13. The van der Waals surface area contributed by atoms with Gasteiger partial charge in [-0.1, -0.05) is 29.4 Å². The van der Waals surface area contributed by atoms with Crippen LogP contribution in [0.4, 0.5) is 0 Å². The molecule has 0 radical (unpaired) electrons. The summed E-state index contributed by atoms with van der Waals surface area (Å²) in [6, 6.07) is 12.1. The van der Waals surface area contributed by atoms with Gasteiger partial charge in [0.15, 0.2) is 6.33 Å².